The van der Waals surface area contributed by atoms with Crippen molar-refractivity contribution in [3.05, 3.63) is 48.4 Å². The summed E-state index contributed by atoms with van der Waals surface area (Å²) in [5, 5.41) is 6.61. The van der Waals surface area contributed by atoms with E-state index in [0.717, 1.165) is 35.0 Å². The molecule has 1 saturated heterocycles. The second-order valence-electron chi connectivity index (χ2n) is 10.5. The van der Waals surface area contributed by atoms with Crippen LogP contribution >= 0.6 is 0 Å². The number of alkyl halides is 3. The number of methoxy groups -OCH3 is 1. The van der Waals surface area contributed by atoms with Crippen LogP contribution in [0.3, 0.4) is 0 Å². The van der Waals surface area contributed by atoms with Crippen LogP contribution in [0, 0.1) is 0 Å². The normalized spacial score (nSPS) is 16.0. The van der Waals surface area contributed by atoms with Gasteiger partial charge >= 0.3 is 6.18 Å². The number of hydrogen-bond donors (Lipinski definition) is 3. The number of halogens is 3. The Hall–Kier alpha value is -4.46. The van der Waals surface area contributed by atoms with E-state index < -0.39 is 18.5 Å². The monoisotopic (exact) mass is 581 g/mol. The van der Waals surface area contributed by atoms with Crippen molar-refractivity contribution >= 4 is 34.5 Å². The van der Waals surface area contributed by atoms with Crippen LogP contribution in [-0.4, -0.2) is 86.1 Å². The van der Waals surface area contributed by atoms with Crippen molar-refractivity contribution in [3.63, 3.8) is 0 Å². The summed E-state index contributed by atoms with van der Waals surface area (Å²) < 4.78 is 43.3. The van der Waals surface area contributed by atoms with E-state index in [1.807, 2.05) is 30.3 Å². The highest BCUT2D eigenvalue weighted by Crippen LogP contribution is 2.36. The Bertz CT molecular complexity index is 1580. The number of benzene rings is 1. The maximum Gasteiger partial charge on any atom is 0.397 e. The molecule has 0 atom stereocenters. The van der Waals surface area contributed by atoms with Gasteiger partial charge in [-0.15, -0.1) is 0 Å². The van der Waals surface area contributed by atoms with E-state index in [1.54, 1.807) is 13.3 Å². The number of nitrogens with zero attached hydrogens (tertiary/aromatic N) is 6. The smallest absolute Gasteiger partial charge is 0.397 e. The Morgan fingerprint density at radius 1 is 1.10 bits per heavy atom. The summed E-state index contributed by atoms with van der Waals surface area (Å²) in [5.41, 5.74) is 4.09. The first-order valence-electron chi connectivity index (χ1n) is 13.7. The minimum absolute atomic E-state index is 0.269. The van der Waals surface area contributed by atoms with Crippen molar-refractivity contribution in [2.45, 2.75) is 38.0 Å². The largest absolute Gasteiger partial charge is 0.491 e. The third kappa shape index (κ3) is 6.54. The highest BCUT2D eigenvalue weighted by atomic mass is 19.4. The number of fused-ring (bicyclic) bond motifs is 1. The first-order valence-corrected chi connectivity index (χ1v) is 13.7. The lowest BCUT2D eigenvalue weighted by Gasteiger charge is -2.35. The lowest BCUT2D eigenvalue weighted by Crippen LogP contribution is -2.49. The van der Waals surface area contributed by atoms with Gasteiger partial charge in [-0.1, -0.05) is 6.07 Å². The molecule has 0 unspecified atom stereocenters. The molecular weight excluding hydrogens is 551 g/mol. The third-order valence-electron chi connectivity index (χ3n) is 7.24. The number of hydrogen-bond acceptors (Lipinski definition) is 9. The molecule has 14 heteroatoms. The fourth-order valence-electron chi connectivity index (χ4n) is 4.97. The van der Waals surface area contributed by atoms with Gasteiger partial charge in [-0.3, -0.25) is 9.69 Å². The van der Waals surface area contributed by atoms with Gasteiger partial charge < -0.3 is 25.3 Å². The van der Waals surface area contributed by atoms with Gasteiger partial charge in [0.25, 0.3) is 0 Å². The molecule has 1 aromatic carbocycles. The zero-order chi connectivity index (χ0) is 29.3. The lowest BCUT2D eigenvalue weighted by atomic mass is 10.1. The van der Waals surface area contributed by atoms with Gasteiger partial charge in [0.2, 0.25) is 11.9 Å². The van der Waals surface area contributed by atoms with Crippen LogP contribution in [-0.2, 0) is 11.3 Å². The molecule has 4 heterocycles. The highest BCUT2D eigenvalue weighted by molar-refractivity contribution is 5.85. The molecular formula is C28H30F3N9O2. The van der Waals surface area contributed by atoms with Gasteiger partial charge in [-0.2, -0.15) is 13.2 Å². The van der Waals surface area contributed by atoms with E-state index in [2.05, 4.69) is 40.5 Å². The molecule has 3 N–H and O–H groups in total. The van der Waals surface area contributed by atoms with Gasteiger partial charge in [0.05, 0.1) is 18.1 Å². The van der Waals surface area contributed by atoms with E-state index >= 15 is 0 Å². The highest BCUT2D eigenvalue weighted by Gasteiger charge is 2.34. The van der Waals surface area contributed by atoms with E-state index in [-0.39, 0.29) is 13.1 Å². The summed E-state index contributed by atoms with van der Waals surface area (Å²) in [7, 11) is 1.61. The molecule has 3 aromatic heterocycles. The van der Waals surface area contributed by atoms with Crippen LogP contribution in [0.15, 0.2) is 42.9 Å². The lowest BCUT2D eigenvalue weighted by molar-refractivity contribution is -0.162. The minimum atomic E-state index is -4.49. The molecule has 1 aliphatic heterocycles. The summed E-state index contributed by atoms with van der Waals surface area (Å²) in [6, 6.07) is 10.0. The van der Waals surface area contributed by atoms with Crippen LogP contribution in [0.5, 0.6) is 5.75 Å². The Morgan fingerprint density at radius 2 is 1.90 bits per heavy atom. The van der Waals surface area contributed by atoms with Gasteiger partial charge in [-0.05, 0) is 42.7 Å². The number of nitrogens with one attached hydrogen (secondary N) is 3. The number of imidazole rings is 1. The van der Waals surface area contributed by atoms with Crippen LogP contribution in [0.1, 0.15) is 24.8 Å². The summed E-state index contributed by atoms with van der Waals surface area (Å²) in [6.07, 6.45) is -0.455. The Labute approximate surface area is 239 Å². The van der Waals surface area contributed by atoms with E-state index in [9.17, 15) is 18.0 Å². The van der Waals surface area contributed by atoms with Crippen LogP contribution in [0.25, 0.3) is 22.3 Å². The number of aromatic nitrogens is 5. The molecule has 4 aromatic rings. The molecule has 1 saturated carbocycles. The van der Waals surface area contributed by atoms with Crippen molar-refractivity contribution in [1.82, 2.24) is 34.7 Å². The van der Waals surface area contributed by atoms with Crippen LogP contribution in [0.2, 0.25) is 0 Å². The quantitative estimate of drug-likeness (QED) is 0.265. The molecule has 1 amide bonds. The van der Waals surface area contributed by atoms with E-state index in [1.165, 1.54) is 11.2 Å². The van der Waals surface area contributed by atoms with Crippen molar-refractivity contribution in [1.29, 1.82) is 0 Å². The zero-order valence-electron chi connectivity index (χ0n) is 22.9. The molecule has 42 heavy (non-hydrogen) atoms. The second-order valence-corrected chi connectivity index (χ2v) is 10.5. The molecule has 6 rings (SSSR count). The fraction of sp³-hybridized carbons (Fsp3) is 0.393. The number of carbonyl (C=O) groups excluding carboxylic acids is 1. The predicted molar refractivity (Wildman–Crippen MR) is 150 cm³/mol. The number of rotatable bonds is 9. The van der Waals surface area contributed by atoms with Crippen molar-refractivity contribution < 1.29 is 22.7 Å². The Kier molecular flexibility index (Phi) is 7.54. The molecule has 220 valence electrons. The van der Waals surface area contributed by atoms with Crippen molar-refractivity contribution in [2.75, 3.05) is 43.9 Å². The standard InChI is InChI=1S/C28H30F3N9O2/c1-42-25-24(33-16-34-26(25)35-19-3-4-19)18-2-5-20-21(13-18)37-27(36-20)38-22-12-17(6-7-32-22)15-39-8-10-40(11-9-39)23(41)14-28(29,30)31/h2,5-7,12-13,16,19H,3-4,8-11,14-15H2,1H3,(H,33,34,35)(H2,32,36,37,38). The van der Waals surface area contributed by atoms with Crippen molar-refractivity contribution in [2.24, 2.45) is 0 Å². The van der Waals surface area contributed by atoms with E-state index in [4.69, 9.17) is 4.74 Å². The topological polar surface area (TPSA) is 124 Å². The number of amides is 1. The van der Waals surface area contributed by atoms with Gasteiger partial charge in [0.15, 0.2) is 11.6 Å². The second kappa shape index (κ2) is 11.4. The first kappa shape index (κ1) is 27.7. The number of piperazine rings is 1. The molecule has 11 nitrogen and oxygen atoms in total. The molecule has 0 bridgehead atoms. The number of H-pyrrole nitrogens is 1. The maximum atomic E-state index is 12.6. The summed E-state index contributed by atoms with van der Waals surface area (Å²) in [5.74, 6) is 1.52. The number of anilines is 3. The van der Waals surface area contributed by atoms with Gasteiger partial charge in [0.1, 0.15) is 24.3 Å². The molecule has 0 spiro atoms. The minimum Gasteiger partial charge on any atom is -0.491 e. The van der Waals surface area contributed by atoms with Crippen LogP contribution in [0.4, 0.5) is 30.8 Å². The van der Waals surface area contributed by atoms with Gasteiger partial charge in [-0.25, -0.2) is 19.9 Å². The summed E-state index contributed by atoms with van der Waals surface area (Å²) >= 11 is 0. The Balaban J connectivity index is 1.11. The fourth-order valence-corrected chi connectivity index (χ4v) is 4.97. The molecule has 2 fully saturated rings. The Morgan fingerprint density at radius 3 is 2.64 bits per heavy atom. The van der Waals surface area contributed by atoms with E-state index in [0.29, 0.717) is 54.7 Å². The predicted octanol–water partition coefficient (Wildman–Crippen LogP) is 4.34. The summed E-state index contributed by atoms with van der Waals surface area (Å²) in [4.78, 5) is 36.4. The van der Waals surface area contributed by atoms with Crippen LogP contribution < -0.4 is 15.4 Å². The average molecular weight is 582 g/mol. The van der Waals surface area contributed by atoms with Crippen molar-refractivity contribution in [3.8, 4) is 17.0 Å². The number of ether oxygens (including phenoxy) is 1. The first-order chi connectivity index (χ1) is 20.2. The molecule has 0 radical (unpaired) electrons. The third-order valence-corrected chi connectivity index (χ3v) is 7.24. The maximum absolute atomic E-state index is 12.6. The zero-order valence-corrected chi connectivity index (χ0v) is 22.9. The SMILES string of the molecule is COc1c(NC2CC2)ncnc1-c1ccc2nc(Nc3cc(CN4CCN(C(=O)CC(F)(F)F)CC4)ccn3)[nH]c2c1. The van der Waals surface area contributed by atoms with Gasteiger partial charge in [0, 0.05) is 50.5 Å². The summed E-state index contributed by atoms with van der Waals surface area (Å²) in [6.45, 7) is 2.11. The number of carbonyl (C=O) groups is 1. The number of pyridine rings is 1. The molecule has 1 aliphatic carbocycles. The molecule has 2 aliphatic rings. The average Bonchev–Trinajstić information content (AvgIpc) is 3.68. The number of aromatic amines is 1.